The van der Waals surface area contributed by atoms with Gasteiger partial charge in [0.15, 0.2) is 0 Å². The fourth-order valence-corrected chi connectivity index (χ4v) is 3.01. The number of benzene rings is 1. The highest BCUT2D eigenvalue weighted by Crippen LogP contribution is 2.30. The molecule has 1 amide bonds. The Kier molecular flexibility index (Phi) is 5.20. The average Bonchev–Trinajstić information content (AvgIpc) is 3.44. The number of pyridine rings is 1. The number of aromatic nitrogens is 3. The normalized spacial score (nSPS) is 14.0. The van der Waals surface area contributed by atoms with Crippen LogP contribution in [0.25, 0.3) is 17.1 Å². The topological polar surface area (TPSA) is 99.9 Å². The van der Waals surface area contributed by atoms with Crippen LogP contribution in [0.3, 0.4) is 0 Å². The number of fused-ring (bicyclic) bond motifs is 1. The molecule has 0 bridgehead atoms. The number of H-pyrrole nitrogens is 2. The number of nitrogens with one attached hydrogen (secondary N) is 3. The monoisotopic (exact) mass is 392 g/mol. The van der Waals surface area contributed by atoms with Crippen molar-refractivity contribution in [3.63, 3.8) is 0 Å². The van der Waals surface area contributed by atoms with E-state index in [4.69, 9.17) is 4.74 Å². The number of amides is 1. The van der Waals surface area contributed by atoms with Gasteiger partial charge in [-0.2, -0.15) is 0 Å². The molecule has 1 aromatic carbocycles. The molecule has 1 aliphatic rings. The van der Waals surface area contributed by atoms with Crippen molar-refractivity contribution >= 4 is 28.7 Å². The highest BCUT2D eigenvalue weighted by Gasteiger charge is 2.22. The molecule has 0 aliphatic heterocycles. The van der Waals surface area contributed by atoms with Gasteiger partial charge in [-0.25, -0.2) is 9.78 Å². The van der Waals surface area contributed by atoms with Crippen LogP contribution in [0.5, 0.6) is 5.88 Å². The van der Waals surface area contributed by atoms with Gasteiger partial charge in [0.2, 0.25) is 11.8 Å². The summed E-state index contributed by atoms with van der Waals surface area (Å²) in [6.45, 7) is 4.83. The van der Waals surface area contributed by atoms with Crippen LogP contribution in [0.15, 0.2) is 41.2 Å². The van der Waals surface area contributed by atoms with Crippen LogP contribution >= 0.6 is 0 Å². The van der Waals surface area contributed by atoms with Crippen molar-refractivity contribution in [3.05, 3.63) is 58.1 Å². The third-order valence-corrected chi connectivity index (χ3v) is 4.88. The van der Waals surface area contributed by atoms with Gasteiger partial charge in [0.1, 0.15) is 0 Å². The lowest BCUT2D eigenvalue weighted by atomic mass is 10.1. The van der Waals surface area contributed by atoms with Gasteiger partial charge in [0.25, 0.3) is 0 Å². The van der Waals surface area contributed by atoms with Crippen LogP contribution in [-0.2, 0) is 4.79 Å². The molecule has 2 aromatic heterocycles. The number of carbonyl (C=O) groups is 1. The van der Waals surface area contributed by atoms with Gasteiger partial charge < -0.3 is 20.0 Å². The Morgan fingerprint density at radius 1 is 1.28 bits per heavy atom. The van der Waals surface area contributed by atoms with Gasteiger partial charge in [-0.1, -0.05) is 19.9 Å². The van der Waals surface area contributed by atoms with Crippen molar-refractivity contribution in [2.24, 2.45) is 5.92 Å². The molecule has 7 heteroatoms. The Bertz CT molecular complexity index is 1120. The third kappa shape index (κ3) is 4.56. The molecular formula is C22H24N4O3. The van der Waals surface area contributed by atoms with E-state index in [1.54, 1.807) is 24.3 Å². The Labute approximate surface area is 168 Å². The van der Waals surface area contributed by atoms with E-state index < -0.39 is 0 Å². The summed E-state index contributed by atoms with van der Waals surface area (Å²) in [6, 6.07) is 9.16. The molecule has 0 unspecified atom stereocenters. The van der Waals surface area contributed by atoms with E-state index in [0.29, 0.717) is 41.0 Å². The maximum atomic E-state index is 12.4. The van der Waals surface area contributed by atoms with Crippen molar-refractivity contribution in [2.45, 2.75) is 32.6 Å². The number of hydrogen-bond acceptors (Lipinski definition) is 4. The number of nitrogens with zero attached hydrogens (tertiary/aromatic N) is 1. The number of imidazole rings is 1. The number of anilines is 1. The molecule has 29 heavy (non-hydrogen) atoms. The van der Waals surface area contributed by atoms with Gasteiger partial charge >= 0.3 is 5.69 Å². The van der Waals surface area contributed by atoms with E-state index >= 15 is 0 Å². The SMILES string of the molecule is CC(C)c1ccc(/C=C/C(=O)Nc2cccc3[nH]c(=O)[nH]c23)c(OCC2CC2)n1. The van der Waals surface area contributed by atoms with E-state index in [0.717, 1.165) is 11.3 Å². The second-order valence-corrected chi connectivity index (χ2v) is 7.67. The largest absolute Gasteiger partial charge is 0.477 e. The molecule has 0 saturated heterocycles. The molecule has 2 heterocycles. The lowest BCUT2D eigenvalue weighted by Crippen LogP contribution is -2.09. The molecule has 1 saturated carbocycles. The van der Waals surface area contributed by atoms with Crippen molar-refractivity contribution in [1.82, 2.24) is 15.0 Å². The minimum Gasteiger partial charge on any atom is -0.477 e. The first-order valence-electron chi connectivity index (χ1n) is 9.83. The van der Waals surface area contributed by atoms with Crippen LogP contribution in [0.1, 0.15) is 43.9 Å². The van der Waals surface area contributed by atoms with Crippen LogP contribution < -0.4 is 15.7 Å². The molecule has 1 fully saturated rings. The molecular weight excluding hydrogens is 368 g/mol. The standard InChI is InChI=1S/C22H24N4O3/c1-13(2)16-10-8-15(21(24-16)29-12-14-6-7-14)9-11-19(27)23-17-4-3-5-18-20(17)26-22(28)25-18/h3-5,8-11,13-14H,6-7,12H2,1-2H3,(H,23,27)(H2,25,26,28)/b11-9+. The van der Waals surface area contributed by atoms with E-state index in [1.807, 2.05) is 12.1 Å². The molecule has 3 aromatic rings. The zero-order valence-electron chi connectivity index (χ0n) is 16.5. The number of para-hydroxylation sites is 1. The summed E-state index contributed by atoms with van der Waals surface area (Å²) in [5, 5.41) is 2.80. The van der Waals surface area contributed by atoms with Gasteiger partial charge in [-0.3, -0.25) is 4.79 Å². The summed E-state index contributed by atoms with van der Waals surface area (Å²) in [7, 11) is 0. The fraction of sp³-hybridized carbons (Fsp3) is 0.318. The fourth-order valence-electron chi connectivity index (χ4n) is 3.01. The average molecular weight is 392 g/mol. The predicted molar refractivity (Wildman–Crippen MR) is 113 cm³/mol. The summed E-state index contributed by atoms with van der Waals surface area (Å²) < 4.78 is 5.92. The lowest BCUT2D eigenvalue weighted by molar-refractivity contribution is -0.111. The van der Waals surface area contributed by atoms with Crippen LogP contribution in [0.2, 0.25) is 0 Å². The summed E-state index contributed by atoms with van der Waals surface area (Å²) >= 11 is 0. The molecule has 0 radical (unpaired) electrons. The maximum Gasteiger partial charge on any atom is 0.323 e. The van der Waals surface area contributed by atoms with Crippen molar-refractivity contribution in [3.8, 4) is 5.88 Å². The smallest absolute Gasteiger partial charge is 0.323 e. The molecule has 0 atom stereocenters. The number of aromatic amines is 2. The van der Waals surface area contributed by atoms with Gasteiger partial charge in [0.05, 0.1) is 23.3 Å². The predicted octanol–water partition coefficient (Wildman–Crippen LogP) is 3.82. The Hall–Kier alpha value is -3.35. The first-order valence-corrected chi connectivity index (χ1v) is 9.83. The van der Waals surface area contributed by atoms with Gasteiger partial charge in [-0.05, 0) is 55.0 Å². The second kappa shape index (κ2) is 7.95. The van der Waals surface area contributed by atoms with Crippen LogP contribution in [-0.4, -0.2) is 27.5 Å². The first-order chi connectivity index (χ1) is 14.0. The number of rotatable bonds is 7. The van der Waals surface area contributed by atoms with Crippen molar-refractivity contribution in [1.29, 1.82) is 0 Å². The summed E-state index contributed by atoms with van der Waals surface area (Å²) in [6.07, 6.45) is 5.54. The molecule has 4 rings (SSSR count). The highest BCUT2D eigenvalue weighted by atomic mass is 16.5. The van der Waals surface area contributed by atoms with E-state index in [9.17, 15) is 9.59 Å². The molecule has 1 aliphatic carbocycles. The van der Waals surface area contributed by atoms with Gasteiger partial charge in [0, 0.05) is 17.3 Å². The van der Waals surface area contributed by atoms with E-state index in [1.165, 1.54) is 18.9 Å². The summed E-state index contributed by atoms with van der Waals surface area (Å²) in [5.74, 6) is 1.16. The van der Waals surface area contributed by atoms with Crippen LogP contribution in [0, 0.1) is 5.92 Å². The number of hydrogen-bond donors (Lipinski definition) is 3. The zero-order chi connectivity index (χ0) is 20.4. The number of carbonyl (C=O) groups excluding carboxylic acids is 1. The summed E-state index contributed by atoms with van der Waals surface area (Å²) in [5.41, 5.74) is 3.15. The van der Waals surface area contributed by atoms with Crippen molar-refractivity contribution in [2.75, 3.05) is 11.9 Å². The molecule has 3 N–H and O–H groups in total. The quantitative estimate of drug-likeness (QED) is 0.532. The van der Waals surface area contributed by atoms with Crippen molar-refractivity contribution < 1.29 is 9.53 Å². The highest BCUT2D eigenvalue weighted by molar-refractivity contribution is 6.06. The van der Waals surface area contributed by atoms with E-state index in [2.05, 4.69) is 34.1 Å². The Morgan fingerprint density at radius 2 is 2.10 bits per heavy atom. The third-order valence-electron chi connectivity index (χ3n) is 4.88. The molecule has 0 spiro atoms. The summed E-state index contributed by atoms with van der Waals surface area (Å²) in [4.78, 5) is 33.9. The Balaban J connectivity index is 1.52. The Morgan fingerprint density at radius 3 is 2.86 bits per heavy atom. The van der Waals surface area contributed by atoms with Gasteiger partial charge in [-0.15, -0.1) is 0 Å². The second-order valence-electron chi connectivity index (χ2n) is 7.67. The minimum absolute atomic E-state index is 0.295. The molecule has 7 nitrogen and oxygen atoms in total. The maximum absolute atomic E-state index is 12.4. The lowest BCUT2D eigenvalue weighted by Gasteiger charge is -2.11. The van der Waals surface area contributed by atoms with E-state index in [-0.39, 0.29) is 11.6 Å². The molecule has 150 valence electrons. The number of ether oxygens (including phenoxy) is 1. The minimum atomic E-state index is -0.314. The first kappa shape index (κ1) is 19.0. The zero-order valence-corrected chi connectivity index (χ0v) is 16.5. The van der Waals surface area contributed by atoms with Crippen LogP contribution in [0.4, 0.5) is 5.69 Å².